The highest BCUT2D eigenvalue weighted by Crippen LogP contribution is 2.55. The van der Waals surface area contributed by atoms with Crippen LogP contribution >= 0.6 is 0 Å². The van der Waals surface area contributed by atoms with Gasteiger partial charge in [-0.15, -0.1) is 0 Å². The lowest BCUT2D eigenvalue weighted by atomic mass is 9.81. The lowest BCUT2D eigenvalue weighted by Gasteiger charge is -2.38. The van der Waals surface area contributed by atoms with E-state index in [9.17, 15) is 33.7 Å². The van der Waals surface area contributed by atoms with Crippen LogP contribution in [0.5, 0.6) is 23.0 Å². The molecule has 119 heavy (non-hydrogen) atoms. The van der Waals surface area contributed by atoms with Crippen molar-refractivity contribution in [3.8, 4) is 23.0 Å². The molecule has 0 spiro atoms. The van der Waals surface area contributed by atoms with Crippen LogP contribution in [-0.2, 0) is 60.0 Å². The van der Waals surface area contributed by atoms with Crippen LogP contribution in [0.2, 0.25) is 0 Å². The molecule has 4 aromatic carbocycles. The van der Waals surface area contributed by atoms with E-state index in [1.807, 2.05) is 88.6 Å². The highest BCUT2D eigenvalue weighted by molar-refractivity contribution is 7.87. The maximum absolute atomic E-state index is 12.0. The zero-order chi connectivity index (χ0) is 87.6. The first-order valence-electron chi connectivity index (χ1n) is 38.6. The number of hydrogen-bond donors (Lipinski definition) is 11. The standard InChI is InChI=1S/C20H28N4O3S.C19H29N5O3S.C19H26N4O3S.C16H22N4O3S.4CH2O2/c1-14-11-17-16(12-19(14)27-2)18(3-8-22-17)24-9-4-15(5-10-24)20(6-7-20)13-23-28(21,25)26;1-4-14(11-23-28(20,25)26)15-5-7-24(8-6-15)19-16-10-18(27-3)13(2)9-17(16)21-12-22-19;1-13-11-17-16(12-19(13)26-2)18(5-8-21-17)22-9-6-15(7-10-22)23(14-3-4-14)27(20,24)25;1-11-9-14-13(10-16(11)23-2)15(3-6-18-14)20-7-4-12(5-8-20)19-24(17,21)22;4*2-1-3/h3,8,11-12,15,23H,4-7,9-10,13H2,1-2H3,(H2,21,25,26);9-10,12,14-15,23H,4-8,11H2,1-3H3,(H2,20,25,26);5,8,11-12,14-15H,3-4,6-7,9-10H2,1-2H3,(H2,20,24,25);3,6,9-10,12,19H,4-5,7-8H2,1-2H3,(H2,17,21,22);4*1H,(H,2,3). The second kappa shape index (κ2) is 44.5. The summed E-state index contributed by atoms with van der Waals surface area (Å²) in [5, 5.41) is 52.5. The van der Waals surface area contributed by atoms with Crippen LogP contribution in [0, 0.1) is 50.9 Å². The van der Waals surface area contributed by atoms with Crippen LogP contribution in [0.25, 0.3) is 43.6 Å². The fourth-order valence-corrected chi connectivity index (χ4v) is 19.0. The molecule has 4 aromatic heterocycles. The fourth-order valence-electron chi connectivity index (χ4n) is 16.1. The van der Waals surface area contributed by atoms with Gasteiger partial charge in [0.05, 0.1) is 50.5 Å². The molecule has 14 rings (SSSR count). The normalized spacial score (nSPS) is 16.7. The molecule has 0 amide bonds. The molecule has 8 aromatic rings. The molecule has 2 saturated carbocycles. The Morgan fingerprint density at radius 3 is 1.15 bits per heavy atom. The first kappa shape index (κ1) is 96.3. The summed E-state index contributed by atoms with van der Waals surface area (Å²) in [6, 6.07) is 22.4. The number of aryl methyl sites for hydroxylation is 4. The lowest BCUT2D eigenvalue weighted by molar-refractivity contribution is -0.123. The van der Waals surface area contributed by atoms with E-state index in [1.165, 1.54) is 5.69 Å². The number of nitrogens with two attached hydrogens (primary N) is 4. The summed E-state index contributed by atoms with van der Waals surface area (Å²) in [5.74, 6) is 5.59. The predicted octanol–water partition coefficient (Wildman–Crippen LogP) is 6.63. The van der Waals surface area contributed by atoms with Crippen molar-refractivity contribution in [2.45, 2.75) is 136 Å². The summed E-state index contributed by atoms with van der Waals surface area (Å²) in [6.45, 7) is 16.7. The average Bonchev–Trinajstić information content (AvgIpc) is 1.68. The van der Waals surface area contributed by atoms with E-state index >= 15 is 0 Å². The van der Waals surface area contributed by atoms with E-state index in [0.717, 1.165) is 229 Å². The van der Waals surface area contributed by atoms with Gasteiger partial charge in [0.25, 0.3) is 66.7 Å². The maximum Gasteiger partial charge on any atom is 0.290 e. The minimum atomic E-state index is -3.65. The molecular weight excluding hydrogens is 1620 g/mol. The minimum absolute atomic E-state index is 0.00590. The molecule has 4 saturated heterocycles. The number of carboxylic acid groups (broad SMARTS) is 4. The maximum atomic E-state index is 12.0. The van der Waals surface area contributed by atoms with Gasteiger partial charge in [-0.25, -0.2) is 40.0 Å². The molecule has 41 heteroatoms. The number of anilines is 4. The second-order valence-electron chi connectivity index (χ2n) is 29.6. The van der Waals surface area contributed by atoms with Crippen molar-refractivity contribution in [3.05, 3.63) is 114 Å². The number of carbonyl (C=O) groups is 4. The van der Waals surface area contributed by atoms with Gasteiger partial charge in [-0.2, -0.15) is 42.7 Å². The summed E-state index contributed by atoms with van der Waals surface area (Å²) < 4.78 is 122. The highest BCUT2D eigenvalue weighted by atomic mass is 32.2. The molecule has 6 fully saturated rings. The number of hydrogen-bond acceptors (Lipinski definition) is 25. The highest BCUT2D eigenvalue weighted by Gasteiger charge is 2.50. The number of ether oxygens (including phenoxy) is 4. The molecule has 1 atom stereocenters. The predicted molar refractivity (Wildman–Crippen MR) is 457 cm³/mol. The molecule has 0 bridgehead atoms. The number of aromatic nitrogens is 5. The van der Waals surface area contributed by atoms with Crippen LogP contribution in [-0.4, -0.2) is 221 Å². The Kier molecular flexibility index (Phi) is 36.0. The van der Waals surface area contributed by atoms with Crippen LogP contribution in [0.15, 0.2) is 91.6 Å². The second-order valence-corrected chi connectivity index (χ2v) is 35.1. The number of pyridine rings is 3. The quantitative estimate of drug-likeness (QED) is 0.0317. The number of rotatable bonds is 22. The molecular formula is C78H113N17O20S4. The van der Waals surface area contributed by atoms with Gasteiger partial charge in [-0.1, -0.05) is 13.3 Å². The van der Waals surface area contributed by atoms with Gasteiger partial charge in [0, 0.05) is 141 Å². The van der Waals surface area contributed by atoms with Crippen molar-refractivity contribution in [1.82, 2.24) is 43.4 Å². The number of nitrogens with zero attached hydrogens (tertiary/aromatic N) is 10. The molecule has 654 valence electrons. The Labute approximate surface area is 695 Å². The van der Waals surface area contributed by atoms with Gasteiger partial charge < -0.3 is 59.0 Å². The lowest BCUT2D eigenvalue weighted by Crippen LogP contribution is -2.50. The Bertz CT molecular complexity index is 5160. The zero-order valence-electron chi connectivity index (χ0n) is 68.4. The Balaban J connectivity index is 0.000000209. The van der Waals surface area contributed by atoms with Gasteiger partial charge in [-0.05, 0) is 217 Å². The van der Waals surface area contributed by atoms with E-state index < -0.39 is 40.8 Å². The molecule has 15 N–H and O–H groups in total. The summed E-state index contributed by atoms with van der Waals surface area (Å²) in [7, 11) is -7.86. The van der Waals surface area contributed by atoms with Crippen molar-refractivity contribution in [2.75, 3.05) is 113 Å². The van der Waals surface area contributed by atoms with Gasteiger partial charge in [-0.3, -0.25) is 34.1 Å². The third-order valence-corrected chi connectivity index (χ3v) is 25.1. The smallest absolute Gasteiger partial charge is 0.290 e. The summed E-state index contributed by atoms with van der Waals surface area (Å²) in [5.41, 5.74) is 11.5. The fraction of sp³-hybridized carbons (Fsp3) is 0.500. The Hall–Kier alpha value is -9.79. The van der Waals surface area contributed by atoms with Gasteiger partial charge in [0.15, 0.2) is 0 Å². The van der Waals surface area contributed by atoms with Crippen molar-refractivity contribution < 1.29 is 92.2 Å². The van der Waals surface area contributed by atoms with E-state index in [0.29, 0.717) is 37.8 Å². The van der Waals surface area contributed by atoms with E-state index in [1.54, 1.807) is 45.3 Å². The third kappa shape index (κ3) is 27.6. The Morgan fingerprint density at radius 1 is 0.471 bits per heavy atom. The summed E-state index contributed by atoms with van der Waals surface area (Å²) >= 11 is 0. The molecule has 0 radical (unpaired) electrons. The molecule has 8 heterocycles. The number of fused-ring (bicyclic) bond motifs is 4. The monoisotopic (exact) mass is 1740 g/mol. The number of nitrogens with one attached hydrogen (secondary N) is 3. The minimum Gasteiger partial charge on any atom is -0.496 e. The SMILES string of the molecule is CCC(CNS(N)(=O)=O)C1CCN(c2ncnc3cc(C)c(OC)cc23)CC1.COc1cc2c(N3CCC(C4(CNS(N)(=O)=O)CC4)CC3)ccnc2cc1C.COc1cc2c(N3CCC(N(C4CC4)S(N)(=O)=O)CC3)ccnc2cc1C.COc1cc2c(N3CCC(NS(N)(=O)=O)CC3)ccnc2cc1C.O=CO.O=CO.O=CO.O=CO. The molecule has 1 unspecified atom stereocenters. The first-order valence-corrected chi connectivity index (χ1v) is 44.8. The molecule has 6 aliphatic rings. The van der Waals surface area contributed by atoms with Crippen molar-refractivity contribution in [1.29, 1.82) is 0 Å². The molecule has 4 aliphatic heterocycles. The summed E-state index contributed by atoms with van der Waals surface area (Å²) in [4.78, 5) is 65.1. The van der Waals surface area contributed by atoms with Crippen molar-refractivity contribution in [3.63, 3.8) is 0 Å². The molecule has 37 nitrogen and oxygen atoms in total. The largest absolute Gasteiger partial charge is 0.496 e. The van der Waals surface area contributed by atoms with Crippen LogP contribution in [0.3, 0.4) is 0 Å². The molecule has 2 aliphatic carbocycles. The van der Waals surface area contributed by atoms with Crippen LogP contribution < -0.4 is 73.3 Å². The van der Waals surface area contributed by atoms with E-state index in [-0.39, 0.29) is 55.3 Å². The average molecular weight is 1740 g/mol. The van der Waals surface area contributed by atoms with Crippen LogP contribution in [0.1, 0.15) is 113 Å². The number of piperidine rings is 4. The van der Waals surface area contributed by atoms with Gasteiger partial charge in [0.1, 0.15) is 35.1 Å². The Morgan fingerprint density at radius 2 is 0.815 bits per heavy atom. The topological polar surface area (TPSA) is 544 Å². The van der Waals surface area contributed by atoms with E-state index in [4.69, 9.17) is 79.1 Å². The number of methoxy groups -OCH3 is 4. The van der Waals surface area contributed by atoms with Crippen molar-refractivity contribution in [2.24, 2.45) is 43.7 Å². The van der Waals surface area contributed by atoms with Gasteiger partial charge in [0.2, 0.25) is 0 Å². The zero-order valence-corrected chi connectivity index (χ0v) is 71.7. The van der Waals surface area contributed by atoms with Crippen molar-refractivity contribution >= 4 is 133 Å². The first-order chi connectivity index (χ1) is 56.5. The van der Waals surface area contributed by atoms with E-state index in [2.05, 4.69) is 83.8 Å². The van der Waals surface area contributed by atoms with Crippen LogP contribution in [0.4, 0.5) is 22.9 Å². The van der Waals surface area contributed by atoms with Gasteiger partial charge >= 0.3 is 0 Å². The number of benzene rings is 4. The summed E-state index contributed by atoms with van der Waals surface area (Å²) in [6.07, 6.45) is 19.1. The third-order valence-electron chi connectivity index (χ3n) is 22.2.